The van der Waals surface area contributed by atoms with E-state index in [-0.39, 0.29) is 6.42 Å². The highest BCUT2D eigenvalue weighted by atomic mass is 32.2. The van der Waals surface area contributed by atoms with Gasteiger partial charge in [0.2, 0.25) is 17.7 Å². The number of carboxylic acids is 1. The average molecular weight is 480 g/mol. The molecule has 180 valence electrons. The molecule has 0 bridgehead atoms. The minimum Gasteiger partial charge on any atom is -0.480 e. The standard InChI is InChI=1S/C19H37N5O5S2/c1-12(16(25)24-15(19(28)29)8-11-31-3)22-18(27)14(6-4-5-9-20)23-17(26)13(21)7-10-30-2/h12-15H,4-11,20-21H2,1-3H3,(H,22,27)(H,23,26)(H,24,25)(H,28,29). The third kappa shape index (κ3) is 12.8. The Morgan fingerprint density at radius 1 is 0.839 bits per heavy atom. The van der Waals surface area contributed by atoms with E-state index < -0.39 is 47.9 Å². The first-order valence-electron chi connectivity index (χ1n) is 10.2. The fourth-order valence-electron chi connectivity index (χ4n) is 2.59. The molecular formula is C19H37N5O5S2. The summed E-state index contributed by atoms with van der Waals surface area (Å²) in [5.41, 5.74) is 11.4. The summed E-state index contributed by atoms with van der Waals surface area (Å²) in [6.07, 6.45) is 6.16. The van der Waals surface area contributed by atoms with E-state index in [1.54, 1.807) is 11.8 Å². The zero-order valence-electron chi connectivity index (χ0n) is 18.5. The Labute approximate surface area is 192 Å². The second-order valence-electron chi connectivity index (χ2n) is 7.14. The summed E-state index contributed by atoms with van der Waals surface area (Å²) < 4.78 is 0. The van der Waals surface area contributed by atoms with Crippen LogP contribution in [0.1, 0.15) is 39.0 Å². The molecule has 0 saturated carbocycles. The molecule has 0 saturated heterocycles. The van der Waals surface area contributed by atoms with Crippen LogP contribution >= 0.6 is 23.5 Å². The predicted molar refractivity (Wildman–Crippen MR) is 126 cm³/mol. The van der Waals surface area contributed by atoms with E-state index in [1.807, 2.05) is 12.5 Å². The first-order valence-corrected chi connectivity index (χ1v) is 13.0. The van der Waals surface area contributed by atoms with E-state index in [0.29, 0.717) is 38.0 Å². The molecule has 0 aliphatic heterocycles. The van der Waals surface area contributed by atoms with Crippen molar-refractivity contribution in [3.8, 4) is 0 Å². The molecule has 0 radical (unpaired) electrons. The lowest BCUT2D eigenvalue weighted by atomic mass is 10.1. The summed E-state index contributed by atoms with van der Waals surface area (Å²) in [7, 11) is 0. The van der Waals surface area contributed by atoms with Crippen molar-refractivity contribution in [3.05, 3.63) is 0 Å². The number of aliphatic carboxylic acids is 1. The van der Waals surface area contributed by atoms with Crippen molar-refractivity contribution in [1.82, 2.24) is 16.0 Å². The zero-order valence-corrected chi connectivity index (χ0v) is 20.2. The number of rotatable bonds is 17. The van der Waals surface area contributed by atoms with Crippen molar-refractivity contribution < 1.29 is 24.3 Å². The van der Waals surface area contributed by atoms with Gasteiger partial charge >= 0.3 is 5.97 Å². The molecule has 0 aromatic carbocycles. The molecule has 8 N–H and O–H groups in total. The maximum absolute atomic E-state index is 12.7. The second kappa shape index (κ2) is 17.1. The van der Waals surface area contributed by atoms with E-state index in [4.69, 9.17) is 11.5 Å². The molecule has 31 heavy (non-hydrogen) atoms. The number of hydrogen-bond donors (Lipinski definition) is 6. The summed E-state index contributed by atoms with van der Waals surface area (Å²) >= 11 is 3.05. The molecule has 0 fully saturated rings. The third-order valence-electron chi connectivity index (χ3n) is 4.53. The van der Waals surface area contributed by atoms with Crippen molar-refractivity contribution in [2.24, 2.45) is 11.5 Å². The van der Waals surface area contributed by atoms with Crippen molar-refractivity contribution in [1.29, 1.82) is 0 Å². The Bertz CT molecular complexity index is 582. The number of carbonyl (C=O) groups is 4. The van der Waals surface area contributed by atoms with Gasteiger partial charge in [-0.05, 0) is 69.6 Å². The molecule has 0 spiro atoms. The van der Waals surface area contributed by atoms with Crippen LogP contribution in [0.3, 0.4) is 0 Å². The lowest BCUT2D eigenvalue weighted by Gasteiger charge is -2.23. The van der Waals surface area contributed by atoms with Gasteiger partial charge in [-0.3, -0.25) is 14.4 Å². The molecule has 0 aromatic heterocycles. The van der Waals surface area contributed by atoms with Crippen molar-refractivity contribution in [2.45, 2.75) is 63.2 Å². The summed E-state index contributed by atoms with van der Waals surface area (Å²) in [5, 5.41) is 16.9. The second-order valence-corrected chi connectivity index (χ2v) is 9.12. The van der Waals surface area contributed by atoms with Crippen molar-refractivity contribution >= 4 is 47.2 Å². The van der Waals surface area contributed by atoms with Gasteiger partial charge in [0.05, 0.1) is 6.04 Å². The van der Waals surface area contributed by atoms with Gasteiger partial charge in [-0.1, -0.05) is 0 Å². The smallest absolute Gasteiger partial charge is 0.326 e. The molecule has 10 nitrogen and oxygen atoms in total. The minimum absolute atomic E-state index is 0.272. The first kappa shape index (κ1) is 29.5. The molecule has 4 unspecified atom stereocenters. The molecule has 0 aromatic rings. The third-order valence-corrected chi connectivity index (χ3v) is 5.81. The van der Waals surface area contributed by atoms with Gasteiger partial charge in [-0.2, -0.15) is 23.5 Å². The number of carboxylic acid groups (broad SMARTS) is 1. The normalized spacial score (nSPS) is 14.7. The number of hydrogen-bond acceptors (Lipinski definition) is 8. The number of nitrogens with two attached hydrogens (primary N) is 2. The van der Waals surface area contributed by atoms with Crippen LogP contribution in [0, 0.1) is 0 Å². The Balaban J connectivity index is 4.98. The quantitative estimate of drug-likeness (QED) is 0.150. The highest BCUT2D eigenvalue weighted by Gasteiger charge is 2.27. The monoisotopic (exact) mass is 479 g/mol. The molecular weight excluding hydrogens is 442 g/mol. The fraction of sp³-hybridized carbons (Fsp3) is 0.789. The predicted octanol–water partition coefficient (Wildman–Crippen LogP) is -0.492. The Morgan fingerprint density at radius 2 is 1.42 bits per heavy atom. The van der Waals surface area contributed by atoms with E-state index in [2.05, 4.69) is 16.0 Å². The van der Waals surface area contributed by atoms with Crippen LogP contribution in [0.15, 0.2) is 0 Å². The lowest BCUT2D eigenvalue weighted by Crippen LogP contribution is -2.56. The van der Waals surface area contributed by atoms with Gasteiger partial charge in [0.25, 0.3) is 0 Å². The van der Waals surface area contributed by atoms with E-state index >= 15 is 0 Å². The van der Waals surface area contributed by atoms with Crippen LogP contribution in [0.5, 0.6) is 0 Å². The van der Waals surface area contributed by atoms with E-state index in [0.717, 1.165) is 5.75 Å². The Kier molecular flexibility index (Phi) is 16.3. The first-order chi connectivity index (χ1) is 14.7. The summed E-state index contributed by atoms with van der Waals surface area (Å²) in [6.45, 7) is 1.92. The molecule has 0 aliphatic carbocycles. The number of carbonyl (C=O) groups excluding carboxylic acids is 3. The number of nitrogens with one attached hydrogen (secondary N) is 3. The van der Waals surface area contributed by atoms with E-state index in [9.17, 15) is 24.3 Å². The number of amides is 3. The van der Waals surface area contributed by atoms with Crippen LogP contribution in [-0.4, -0.2) is 83.5 Å². The fourth-order valence-corrected chi connectivity index (χ4v) is 3.55. The number of unbranched alkanes of at least 4 members (excludes halogenated alkanes) is 1. The van der Waals surface area contributed by atoms with Crippen LogP contribution in [0.25, 0.3) is 0 Å². The van der Waals surface area contributed by atoms with Crippen LogP contribution in [0.2, 0.25) is 0 Å². The van der Waals surface area contributed by atoms with Gasteiger partial charge in [0, 0.05) is 0 Å². The zero-order chi connectivity index (χ0) is 23.8. The molecule has 4 atom stereocenters. The van der Waals surface area contributed by atoms with Crippen LogP contribution < -0.4 is 27.4 Å². The number of thioether (sulfide) groups is 2. The Hall–Kier alpha value is -1.50. The summed E-state index contributed by atoms with van der Waals surface area (Å²) in [6, 6.07) is -3.59. The summed E-state index contributed by atoms with van der Waals surface area (Å²) in [4.78, 5) is 48.7. The highest BCUT2D eigenvalue weighted by molar-refractivity contribution is 7.98. The average Bonchev–Trinajstić information content (AvgIpc) is 2.73. The van der Waals surface area contributed by atoms with Crippen molar-refractivity contribution in [2.75, 3.05) is 30.6 Å². The summed E-state index contributed by atoms with van der Waals surface area (Å²) in [5.74, 6) is -1.40. The molecule has 12 heteroatoms. The van der Waals surface area contributed by atoms with Crippen LogP contribution in [0.4, 0.5) is 0 Å². The van der Waals surface area contributed by atoms with Gasteiger partial charge < -0.3 is 32.5 Å². The van der Waals surface area contributed by atoms with E-state index in [1.165, 1.54) is 18.7 Å². The van der Waals surface area contributed by atoms with Crippen LogP contribution in [-0.2, 0) is 19.2 Å². The van der Waals surface area contributed by atoms with Crippen molar-refractivity contribution in [3.63, 3.8) is 0 Å². The Morgan fingerprint density at radius 3 is 1.97 bits per heavy atom. The highest BCUT2D eigenvalue weighted by Crippen LogP contribution is 2.05. The lowest BCUT2D eigenvalue weighted by molar-refractivity contribution is -0.142. The molecule has 0 aliphatic rings. The maximum atomic E-state index is 12.7. The molecule has 0 heterocycles. The topological polar surface area (TPSA) is 177 Å². The largest absolute Gasteiger partial charge is 0.480 e. The van der Waals surface area contributed by atoms with Gasteiger partial charge in [0.1, 0.15) is 18.1 Å². The maximum Gasteiger partial charge on any atom is 0.326 e. The van der Waals surface area contributed by atoms with Gasteiger partial charge in [-0.15, -0.1) is 0 Å². The molecule has 3 amide bonds. The minimum atomic E-state index is -1.13. The SMILES string of the molecule is CSCCC(N)C(=O)NC(CCCCN)C(=O)NC(C)C(=O)NC(CCSC)C(=O)O. The van der Waals surface area contributed by atoms with Gasteiger partial charge in [-0.25, -0.2) is 4.79 Å². The molecule has 0 rings (SSSR count). The van der Waals surface area contributed by atoms with Gasteiger partial charge in [0.15, 0.2) is 0 Å².